The van der Waals surface area contributed by atoms with Crippen LogP contribution in [0.3, 0.4) is 0 Å². The van der Waals surface area contributed by atoms with E-state index in [9.17, 15) is 9.90 Å². The van der Waals surface area contributed by atoms with E-state index in [4.69, 9.17) is 9.47 Å². The minimum atomic E-state index is -1.01. The summed E-state index contributed by atoms with van der Waals surface area (Å²) in [6.45, 7) is 0. The molecule has 104 valence electrons. The van der Waals surface area contributed by atoms with Crippen LogP contribution >= 0.6 is 0 Å². The Morgan fingerprint density at radius 1 is 1.30 bits per heavy atom. The van der Waals surface area contributed by atoms with Gasteiger partial charge in [0.2, 0.25) is 0 Å². The predicted molar refractivity (Wildman–Crippen MR) is 71.5 cm³/mol. The third-order valence-electron chi connectivity index (χ3n) is 3.58. The Morgan fingerprint density at radius 2 is 1.95 bits per heavy atom. The minimum absolute atomic E-state index is 0.108. The van der Waals surface area contributed by atoms with Gasteiger partial charge in [0.15, 0.2) is 17.2 Å². The molecule has 6 heteroatoms. The van der Waals surface area contributed by atoms with Gasteiger partial charge in [-0.25, -0.2) is 4.79 Å². The van der Waals surface area contributed by atoms with Gasteiger partial charge in [0.05, 0.1) is 19.9 Å². The maximum atomic E-state index is 11.2. The van der Waals surface area contributed by atoms with Crippen molar-refractivity contribution in [3.05, 3.63) is 29.0 Å². The molecule has 0 bridgehead atoms. The molecular formula is C14H14N2O4. The van der Waals surface area contributed by atoms with E-state index in [1.165, 1.54) is 0 Å². The molecule has 1 aliphatic rings. The number of benzene rings is 1. The number of carboxylic acids is 1. The summed E-state index contributed by atoms with van der Waals surface area (Å²) in [4.78, 5) is 11.2. The smallest absolute Gasteiger partial charge is 0.356 e. The van der Waals surface area contributed by atoms with Crippen LogP contribution in [0.1, 0.15) is 21.6 Å². The molecule has 0 radical (unpaired) electrons. The third kappa shape index (κ3) is 1.57. The zero-order chi connectivity index (χ0) is 14.4. The van der Waals surface area contributed by atoms with Crippen molar-refractivity contribution in [1.29, 1.82) is 0 Å². The molecule has 1 aromatic carbocycles. The SMILES string of the molecule is COc1cc2c(cc1OC)-c1c(c(C(=O)O)nn1C)C2. The fraction of sp³-hybridized carbons (Fsp3) is 0.286. The van der Waals surface area contributed by atoms with Crippen LogP contribution in [0.25, 0.3) is 11.3 Å². The second kappa shape index (κ2) is 4.26. The average Bonchev–Trinajstić information content (AvgIpc) is 2.94. The van der Waals surface area contributed by atoms with E-state index >= 15 is 0 Å². The highest BCUT2D eigenvalue weighted by atomic mass is 16.5. The third-order valence-corrected chi connectivity index (χ3v) is 3.58. The first-order valence-electron chi connectivity index (χ1n) is 6.11. The highest BCUT2D eigenvalue weighted by Gasteiger charge is 2.30. The summed E-state index contributed by atoms with van der Waals surface area (Å²) in [7, 11) is 4.90. The Morgan fingerprint density at radius 3 is 2.55 bits per heavy atom. The normalized spacial score (nSPS) is 11.9. The lowest BCUT2D eigenvalue weighted by atomic mass is 10.1. The van der Waals surface area contributed by atoms with Crippen LogP contribution in [-0.2, 0) is 13.5 Å². The number of aromatic carboxylic acids is 1. The van der Waals surface area contributed by atoms with Crippen molar-refractivity contribution in [1.82, 2.24) is 9.78 Å². The monoisotopic (exact) mass is 274 g/mol. The van der Waals surface area contributed by atoms with Crippen LogP contribution in [0.5, 0.6) is 11.5 Å². The fourth-order valence-electron chi connectivity index (χ4n) is 2.72. The first-order valence-corrected chi connectivity index (χ1v) is 6.11. The second-order valence-electron chi connectivity index (χ2n) is 4.65. The van der Waals surface area contributed by atoms with Crippen molar-refractivity contribution in [2.45, 2.75) is 6.42 Å². The molecule has 20 heavy (non-hydrogen) atoms. The van der Waals surface area contributed by atoms with Gasteiger partial charge in [-0.1, -0.05) is 0 Å². The molecule has 0 fully saturated rings. The zero-order valence-electron chi connectivity index (χ0n) is 11.4. The lowest BCUT2D eigenvalue weighted by Crippen LogP contribution is -2.03. The van der Waals surface area contributed by atoms with Crippen molar-refractivity contribution in [3.63, 3.8) is 0 Å². The summed E-state index contributed by atoms with van der Waals surface area (Å²) in [5.74, 6) is 0.259. The van der Waals surface area contributed by atoms with E-state index in [1.807, 2.05) is 12.1 Å². The number of ether oxygens (including phenoxy) is 2. The lowest BCUT2D eigenvalue weighted by Gasteiger charge is -2.10. The fourth-order valence-corrected chi connectivity index (χ4v) is 2.72. The summed E-state index contributed by atoms with van der Waals surface area (Å²) >= 11 is 0. The van der Waals surface area contributed by atoms with Gasteiger partial charge in [0.25, 0.3) is 0 Å². The Hall–Kier alpha value is -2.50. The Balaban J connectivity index is 2.23. The summed E-state index contributed by atoms with van der Waals surface area (Å²) < 4.78 is 12.2. The number of aromatic nitrogens is 2. The second-order valence-corrected chi connectivity index (χ2v) is 4.65. The van der Waals surface area contributed by atoms with Gasteiger partial charge in [-0.15, -0.1) is 0 Å². The number of nitrogens with zero attached hydrogens (tertiary/aromatic N) is 2. The van der Waals surface area contributed by atoms with Gasteiger partial charge in [0.1, 0.15) is 0 Å². The zero-order valence-corrected chi connectivity index (χ0v) is 11.4. The molecule has 0 atom stereocenters. The van der Waals surface area contributed by atoms with Gasteiger partial charge >= 0.3 is 5.97 Å². The molecule has 0 aliphatic heterocycles. The van der Waals surface area contributed by atoms with E-state index in [1.54, 1.807) is 25.9 Å². The molecule has 1 heterocycles. The molecule has 1 aliphatic carbocycles. The number of carboxylic acid groups (broad SMARTS) is 1. The van der Waals surface area contributed by atoms with E-state index in [0.717, 1.165) is 22.4 Å². The van der Waals surface area contributed by atoms with Crippen molar-refractivity contribution < 1.29 is 19.4 Å². The Kier molecular flexibility index (Phi) is 2.67. The highest BCUT2D eigenvalue weighted by Crippen LogP contribution is 2.43. The van der Waals surface area contributed by atoms with Gasteiger partial charge in [0, 0.05) is 24.6 Å². The number of carbonyl (C=O) groups is 1. The van der Waals surface area contributed by atoms with Crippen LogP contribution in [0.15, 0.2) is 12.1 Å². The molecule has 0 amide bonds. The van der Waals surface area contributed by atoms with Gasteiger partial charge in [-0.3, -0.25) is 4.68 Å². The first-order chi connectivity index (χ1) is 9.56. The van der Waals surface area contributed by atoms with Crippen molar-refractivity contribution in [2.24, 2.45) is 7.05 Å². The van der Waals surface area contributed by atoms with Crippen LogP contribution in [0.2, 0.25) is 0 Å². The predicted octanol–water partition coefficient (Wildman–Crippen LogP) is 1.71. The molecule has 1 aromatic heterocycles. The summed E-state index contributed by atoms with van der Waals surface area (Å²) in [5.41, 5.74) is 3.65. The largest absolute Gasteiger partial charge is 0.493 e. The molecular weight excluding hydrogens is 260 g/mol. The number of fused-ring (bicyclic) bond motifs is 3. The van der Waals surface area contributed by atoms with E-state index in [0.29, 0.717) is 17.9 Å². The molecule has 6 nitrogen and oxygen atoms in total. The van der Waals surface area contributed by atoms with E-state index in [-0.39, 0.29) is 5.69 Å². The van der Waals surface area contributed by atoms with Gasteiger partial charge in [-0.2, -0.15) is 5.10 Å². The summed E-state index contributed by atoms with van der Waals surface area (Å²) in [6.07, 6.45) is 0.542. The highest BCUT2D eigenvalue weighted by molar-refractivity contribution is 5.92. The van der Waals surface area contributed by atoms with Crippen LogP contribution in [-0.4, -0.2) is 35.1 Å². The maximum Gasteiger partial charge on any atom is 0.356 e. The number of rotatable bonds is 3. The Bertz CT molecular complexity index is 718. The van der Waals surface area contributed by atoms with E-state index < -0.39 is 5.97 Å². The molecule has 2 aromatic rings. The molecule has 0 saturated heterocycles. The van der Waals surface area contributed by atoms with Crippen LogP contribution in [0, 0.1) is 0 Å². The molecule has 1 N–H and O–H groups in total. The Labute approximate surface area is 115 Å². The van der Waals surface area contributed by atoms with Gasteiger partial charge in [-0.05, 0) is 17.7 Å². The topological polar surface area (TPSA) is 73.6 Å². The standard InChI is InChI=1S/C14H14N2O4/c1-16-13-8-6-11(20-3)10(19-2)5-7(8)4-9(13)12(15-16)14(17)18/h5-6H,4H2,1-3H3,(H,17,18). The van der Waals surface area contributed by atoms with Crippen molar-refractivity contribution in [3.8, 4) is 22.8 Å². The van der Waals surface area contributed by atoms with Crippen LogP contribution in [0.4, 0.5) is 0 Å². The van der Waals surface area contributed by atoms with Crippen molar-refractivity contribution in [2.75, 3.05) is 14.2 Å². The maximum absolute atomic E-state index is 11.2. The summed E-state index contributed by atoms with van der Waals surface area (Å²) in [5, 5.41) is 13.3. The number of methoxy groups -OCH3 is 2. The summed E-state index contributed by atoms with van der Waals surface area (Å²) in [6, 6.07) is 3.76. The quantitative estimate of drug-likeness (QED) is 0.787. The minimum Gasteiger partial charge on any atom is -0.493 e. The lowest BCUT2D eigenvalue weighted by molar-refractivity contribution is 0.0688. The average molecular weight is 274 g/mol. The first kappa shape index (κ1) is 12.5. The number of hydrogen-bond donors (Lipinski definition) is 1. The molecule has 0 unspecified atom stereocenters. The van der Waals surface area contributed by atoms with Crippen LogP contribution < -0.4 is 9.47 Å². The van der Waals surface area contributed by atoms with Gasteiger partial charge < -0.3 is 14.6 Å². The molecule has 0 spiro atoms. The number of hydrogen-bond acceptors (Lipinski definition) is 4. The van der Waals surface area contributed by atoms with Crippen molar-refractivity contribution >= 4 is 5.97 Å². The number of aryl methyl sites for hydroxylation is 1. The molecule has 3 rings (SSSR count). The van der Waals surface area contributed by atoms with E-state index in [2.05, 4.69) is 5.10 Å². The molecule has 0 saturated carbocycles.